The summed E-state index contributed by atoms with van der Waals surface area (Å²) < 4.78 is 12.0. The fraction of sp³-hybridized carbons (Fsp3) is 0.548. The van der Waals surface area contributed by atoms with E-state index in [1.54, 1.807) is 44.9 Å². The van der Waals surface area contributed by atoms with Crippen LogP contribution in [0.15, 0.2) is 42.9 Å². The van der Waals surface area contributed by atoms with Gasteiger partial charge in [0.1, 0.15) is 29.3 Å². The van der Waals surface area contributed by atoms with Crippen molar-refractivity contribution < 1.29 is 33.4 Å². The van der Waals surface area contributed by atoms with Gasteiger partial charge in [0.25, 0.3) is 0 Å². The number of imidazole rings is 1. The monoisotopic (exact) mass is 612 g/mol. The number of nitrogens with zero attached hydrogens (tertiary/aromatic N) is 3. The van der Waals surface area contributed by atoms with E-state index in [0.29, 0.717) is 25.1 Å². The molecule has 0 unspecified atom stereocenters. The first-order chi connectivity index (χ1) is 20.6. The van der Waals surface area contributed by atoms with E-state index in [2.05, 4.69) is 20.9 Å². The summed E-state index contributed by atoms with van der Waals surface area (Å²) in [5.74, 6) is -2.18. The SMILES string of the molecule is COC(=O)[C@@H](Cc1ccccc1)NC(=O)C(C)(C)NC(=O)[C@@H]1CCCN1C(=O)[C@H](Cc1cncn1C)NC(=O)OC(C)(C)C. The number of methoxy groups -OCH3 is 1. The van der Waals surface area contributed by atoms with Crippen LogP contribution in [0.5, 0.6) is 0 Å². The number of aromatic nitrogens is 2. The molecule has 4 amide bonds. The van der Waals surface area contributed by atoms with E-state index in [1.165, 1.54) is 25.9 Å². The number of hydrogen-bond donors (Lipinski definition) is 3. The number of aryl methyl sites for hydroxylation is 1. The molecular weight excluding hydrogens is 568 g/mol. The van der Waals surface area contributed by atoms with Crippen molar-refractivity contribution in [2.45, 2.75) is 89.6 Å². The number of benzene rings is 1. The number of rotatable bonds is 11. The molecule has 3 rings (SSSR count). The molecule has 3 N–H and O–H groups in total. The third-order valence-electron chi connectivity index (χ3n) is 7.23. The Labute approximate surface area is 258 Å². The molecule has 1 aliphatic rings. The highest BCUT2D eigenvalue weighted by molar-refractivity contribution is 5.96. The largest absolute Gasteiger partial charge is 0.467 e. The van der Waals surface area contributed by atoms with E-state index in [-0.39, 0.29) is 12.8 Å². The Bertz CT molecular complexity index is 1330. The van der Waals surface area contributed by atoms with Crippen molar-refractivity contribution in [2.75, 3.05) is 13.7 Å². The molecule has 13 heteroatoms. The maximum atomic E-state index is 13.8. The first kappa shape index (κ1) is 34.1. The van der Waals surface area contributed by atoms with Crippen molar-refractivity contribution in [3.05, 3.63) is 54.1 Å². The van der Waals surface area contributed by atoms with Crippen LogP contribution in [-0.2, 0) is 48.5 Å². The lowest BCUT2D eigenvalue weighted by atomic mass is 10.0. The molecule has 0 radical (unpaired) electrons. The van der Waals surface area contributed by atoms with Crippen molar-refractivity contribution in [1.82, 2.24) is 30.4 Å². The number of ether oxygens (including phenoxy) is 2. The van der Waals surface area contributed by atoms with Crippen LogP contribution in [-0.4, -0.2) is 87.2 Å². The highest BCUT2D eigenvalue weighted by atomic mass is 16.6. The second-order valence-electron chi connectivity index (χ2n) is 12.4. The Hall–Kier alpha value is -4.42. The van der Waals surface area contributed by atoms with E-state index >= 15 is 0 Å². The summed E-state index contributed by atoms with van der Waals surface area (Å²) in [5.41, 5.74) is -0.681. The molecule has 1 aliphatic heterocycles. The normalized spacial score (nSPS) is 16.4. The Balaban J connectivity index is 1.73. The predicted molar refractivity (Wildman–Crippen MR) is 161 cm³/mol. The molecular formula is C31H44N6O7. The van der Waals surface area contributed by atoms with Gasteiger partial charge in [0.05, 0.1) is 13.4 Å². The lowest BCUT2D eigenvalue weighted by molar-refractivity contribution is -0.146. The van der Waals surface area contributed by atoms with Gasteiger partial charge in [-0.15, -0.1) is 0 Å². The summed E-state index contributed by atoms with van der Waals surface area (Å²) in [4.78, 5) is 71.4. The lowest BCUT2D eigenvalue weighted by Crippen LogP contribution is -2.61. The van der Waals surface area contributed by atoms with E-state index in [0.717, 1.165) is 5.56 Å². The molecule has 44 heavy (non-hydrogen) atoms. The molecule has 1 fully saturated rings. The fourth-order valence-electron chi connectivity index (χ4n) is 4.92. The zero-order valence-electron chi connectivity index (χ0n) is 26.5. The number of esters is 1. The molecule has 1 saturated heterocycles. The van der Waals surface area contributed by atoms with E-state index in [1.807, 2.05) is 30.3 Å². The molecule has 3 atom stereocenters. The average molecular weight is 613 g/mol. The van der Waals surface area contributed by atoms with Gasteiger partial charge in [0, 0.05) is 38.3 Å². The van der Waals surface area contributed by atoms with E-state index in [4.69, 9.17) is 9.47 Å². The number of hydrogen-bond acceptors (Lipinski definition) is 8. The molecule has 2 heterocycles. The number of carbonyl (C=O) groups is 5. The van der Waals surface area contributed by atoms with Gasteiger partial charge in [-0.2, -0.15) is 0 Å². The van der Waals surface area contributed by atoms with Crippen LogP contribution in [0.1, 0.15) is 58.7 Å². The zero-order chi connectivity index (χ0) is 32.7. The molecule has 0 spiro atoms. The molecule has 0 bridgehead atoms. The average Bonchev–Trinajstić information content (AvgIpc) is 3.60. The van der Waals surface area contributed by atoms with Crippen molar-refractivity contribution in [3.63, 3.8) is 0 Å². The maximum Gasteiger partial charge on any atom is 0.408 e. The van der Waals surface area contributed by atoms with Crippen LogP contribution < -0.4 is 16.0 Å². The minimum absolute atomic E-state index is 0.129. The Morgan fingerprint density at radius 3 is 2.27 bits per heavy atom. The van der Waals surface area contributed by atoms with Gasteiger partial charge < -0.3 is 34.9 Å². The van der Waals surface area contributed by atoms with Gasteiger partial charge in [-0.25, -0.2) is 14.6 Å². The number of amides is 4. The topological polar surface area (TPSA) is 161 Å². The maximum absolute atomic E-state index is 13.8. The zero-order valence-corrected chi connectivity index (χ0v) is 26.5. The van der Waals surface area contributed by atoms with Crippen LogP contribution in [0.25, 0.3) is 0 Å². The van der Waals surface area contributed by atoms with Crippen LogP contribution in [0, 0.1) is 0 Å². The smallest absolute Gasteiger partial charge is 0.408 e. The van der Waals surface area contributed by atoms with Gasteiger partial charge in [0.15, 0.2) is 0 Å². The minimum Gasteiger partial charge on any atom is -0.467 e. The van der Waals surface area contributed by atoms with Crippen molar-refractivity contribution >= 4 is 29.8 Å². The van der Waals surface area contributed by atoms with Crippen LogP contribution >= 0.6 is 0 Å². The summed E-state index contributed by atoms with van der Waals surface area (Å²) in [6.07, 6.45) is 3.70. The molecule has 0 saturated carbocycles. The molecule has 13 nitrogen and oxygen atoms in total. The van der Waals surface area contributed by atoms with Gasteiger partial charge in [-0.3, -0.25) is 14.4 Å². The predicted octanol–water partition coefficient (Wildman–Crippen LogP) is 1.64. The van der Waals surface area contributed by atoms with Crippen LogP contribution in [0.2, 0.25) is 0 Å². The molecule has 240 valence electrons. The first-order valence-corrected chi connectivity index (χ1v) is 14.6. The van der Waals surface area contributed by atoms with Gasteiger partial charge in [-0.05, 0) is 53.0 Å². The summed E-state index contributed by atoms with van der Waals surface area (Å²) >= 11 is 0. The summed E-state index contributed by atoms with van der Waals surface area (Å²) in [6, 6.07) is 6.30. The number of nitrogens with one attached hydrogen (secondary N) is 3. The van der Waals surface area contributed by atoms with Crippen LogP contribution in [0.3, 0.4) is 0 Å². The summed E-state index contributed by atoms with van der Waals surface area (Å²) in [6.45, 7) is 8.50. The second-order valence-corrected chi connectivity index (χ2v) is 12.4. The molecule has 0 aliphatic carbocycles. The fourth-order valence-corrected chi connectivity index (χ4v) is 4.92. The molecule has 2 aromatic rings. The highest BCUT2D eigenvalue weighted by Crippen LogP contribution is 2.21. The number of likely N-dealkylation sites (tertiary alicyclic amines) is 1. The van der Waals surface area contributed by atoms with Gasteiger partial charge >= 0.3 is 12.1 Å². The third-order valence-corrected chi connectivity index (χ3v) is 7.23. The van der Waals surface area contributed by atoms with E-state index < -0.39 is 59.0 Å². The third kappa shape index (κ3) is 9.29. The summed E-state index contributed by atoms with van der Waals surface area (Å²) in [7, 11) is 3.02. The number of carbonyl (C=O) groups excluding carboxylic acids is 5. The molecule has 1 aromatic carbocycles. The quantitative estimate of drug-likeness (QED) is 0.323. The van der Waals surface area contributed by atoms with Crippen LogP contribution in [0.4, 0.5) is 4.79 Å². The van der Waals surface area contributed by atoms with Gasteiger partial charge in [0.2, 0.25) is 17.7 Å². The van der Waals surface area contributed by atoms with Crippen molar-refractivity contribution in [3.8, 4) is 0 Å². The van der Waals surface area contributed by atoms with Crippen molar-refractivity contribution in [1.29, 1.82) is 0 Å². The Kier molecular flexibility index (Phi) is 11.1. The summed E-state index contributed by atoms with van der Waals surface area (Å²) in [5, 5.41) is 8.11. The minimum atomic E-state index is -1.43. The highest BCUT2D eigenvalue weighted by Gasteiger charge is 2.41. The Morgan fingerprint density at radius 2 is 1.68 bits per heavy atom. The Morgan fingerprint density at radius 1 is 1.00 bits per heavy atom. The molecule has 1 aromatic heterocycles. The number of alkyl carbamates (subject to hydrolysis) is 1. The second kappa shape index (κ2) is 14.4. The first-order valence-electron chi connectivity index (χ1n) is 14.6. The van der Waals surface area contributed by atoms with Gasteiger partial charge in [-0.1, -0.05) is 30.3 Å². The standard InChI is InChI=1S/C31H44N6O7/c1-30(2,3)44-29(42)34-22(17-21-18-32-19-36(21)6)26(39)37-15-11-14-24(37)25(38)35-31(4,5)28(41)33-23(27(40)43-7)16-20-12-9-8-10-13-20/h8-10,12-13,18-19,22-24H,11,14-17H2,1-7H3,(H,33,41)(H,34,42)(H,35,38)/t22-,23+,24-/m0/s1. The van der Waals surface area contributed by atoms with Crippen molar-refractivity contribution in [2.24, 2.45) is 7.05 Å². The lowest BCUT2D eigenvalue weighted by Gasteiger charge is -2.32. The van der Waals surface area contributed by atoms with E-state index in [9.17, 15) is 24.0 Å².